The predicted octanol–water partition coefficient (Wildman–Crippen LogP) is 1.22. The van der Waals surface area contributed by atoms with Crippen LogP contribution in [-0.2, 0) is 5.41 Å². The summed E-state index contributed by atoms with van der Waals surface area (Å²) in [4.78, 5) is 1.24. The van der Waals surface area contributed by atoms with Gasteiger partial charge in [0.15, 0.2) is 0 Å². The lowest BCUT2D eigenvalue weighted by atomic mass is 9.90. The van der Waals surface area contributed by atoms with Crippen molar-refractivity contribution in [2.24, 2.45) is 0 Å². The first-order chi connectivity index (χ1) is 5.73. The molecule has 0 spiro atoms. The second kappa shape index (κ2) is 4.03. The molecule has 0 saturated carbocycles. The molecule has 2 N–H and O–H groups in total. The van der Waals surface area contributed by atoms with E-state index in [1.807, 2.05) is 18.5 Å². The molecular weight excluding hydrogens is 170 g/mol. The van der Waals surface area contributed by atoms with Crippen molar-refractivity contribution in [2.75, 3.05) is 20.2 Å². The summed E-state index contributed by atoms with van der Waals surface area (Å²) in [6.45, 7) is 3.06. The highest BCUT2D eigenvalue weighted by Crippen LogP contribution is 2.26. The summed E-state index contributed by atoms with van der Waals surface area (Å²) in [6.07, 6.45) is 0. The van der Waals surface area contributed by atoms with Crippen LogP contribution in [0.1, 0.15) is 11.8 Å². The van der Waals surface area contributed by atoms with E-state index >= 15 is 0 Å². The quantitative estimate of drug-likeness (QED) is 0.739. The van der Waals surface area contributed by atoms with Crippen LogP contribution < -0.4 is 5.32 Å². The van der Waals surface area contributed by atoms with E-state index in [1.54, 1.807) is 11.3 Å². The van der Waals surface area contributed by atoms with Crippen molar-refractivity contribution in [3.05, 3.63) is 22.4 Å². The van der Waals surface area contributed by atoms with Crippen molar-refractivity contribution < 1.29 is 5.11 Å². The molecular formula is C9H15NOS. The van der Waals surface area contributed by atoms with Gasteiger partial charge in [0.1, 0.15) is 0 Å². The van der Waals surface area contributed by atoms with Gasteiger partial charge in [-0.05, 0) is 18.5 Å². The van der Waals surface area contributed by atoms with Gasteiger partial charge in [0, 0.05) is 16.8 Å². The van der Waals surface area contributed by atoms with Crippen molar-refractivity contribution in [3.63, 3.8) is 0 Å². The number of aliphatic hydroxyl groups excluding tert-OH is 1. The van der Waals surface area contributed by atoms with E-state index in [9.17, 15) is 5.11 Å². The van der Waals surface area contributed by atoms with Crippen LogP contribution in [0.4, 0.5) is 0 Å². The summed E-state index contributed by atoms with van der Waals surface area (Å²) in [7, 11) is 1.90. The van der Waals surface area contributed by atoms with Gasteiger partial charge in [-0.25, -0.2) is 0 Å². The van der Waals surface area contributed by atoms with Crippen molar-refractivity contribution in [1.82, 2.24) is 5.32 Å². The zero-order valence-corrected chi connectivity index (χ0v) is 8.32. The predicted molar refractivity (Wildman–Crippen MR) is 52.7 cm³/mol. The van der Waals surface area contributed by atoms with Gasteiger partial charge in [-0.1, -0.05) is 13.0 Å². The lowest BCUT2D eigenvalue weighted by Crippen LogP contribution is -2.36. The molecule has 1 unspecified atom stereocenters. The first kappa shape index (κ1) is 9.71. The third-order valence-electron chi connectivity index (χ3n) is 2.03. The molecule has 3 heteroatoms. The van der Waals surface area contributed by atoms with E-state index in [1.165, 1.54) is 4.88 Å². The van der Waals surface area contributed by atoms with Gasteiger partial charge in [0.25, 0.3) is 0 Å². The standard InChI is InChI=1S/C9H15NOS/c1-9(7-11,6-10-2)8-4-3-5-12-8/h3-5,10-11H,6-7H2,1-2H3. The van der Waals surface area contributed by atoms with Crippen molar-refractivity contribution >= 4 is 11.3 Å². The zero-order valence-electron chi connectivity index (χ0n) is 7.50. The Balaban J connectivity index is 2.80. The third-order valence-corrected chi connectivity index (χ3v) is 3.21. The van der Waals surface area contributed by atoms with E-state index in [-0.39, 0.29) is 12.0 Å². The normalized spacial score (nSPS) is 15.9. The van der Waals surface area contributed by atoms with E-state index in [0.29, 0.717) is 0 Å². The van der Waals surface area contributed by atoms with Crippen LogP contribution in [0.25, 0.3) is 0 Å². The number of nitrogens with one attached hydrogen (secondary N) is 1. The average Bonchev–Trinajstić information content (AvgIpc) is 2.57. The first-order valence-corrected chi connectivity index (χ1v) is 4.90. The Morgan fingerprint density at radius 2 is 2.42 bits per heavy atom. The van der Waals surface area contributed by atoms with E-state index in [0.717, 1.165) is 6.54 Å². The molecule has 2 nitrogen and oxygen atoms in total. The molecule has 1 heterocycles. The summed E-state index contributed by atoms with van der Waals surface area (Å²) >= 11 is 1.69. The van der Waals surface area contributed by atoms with Gasteiger partial charge in [-0.15, -0.1) is 11.3 Å². The van der Waals surface area contributed by atoms with E-state index < -0.39 is 0 Å². The van der Waals surface area contributed by atoms with Gasteiger partial charge in [0.05, 0.1) is 6.61 Å². The van der Waals surface area contributed by atoms with Crippen LogP contribution in [0, 0.1) is 0 Å². The van der Waals surface area contributed by atoms with E-state index in [2.05, 4.69) is 18.3 Å². The van der Waals surface area contributed by atoms with Crippen molar-refractivity contribution in [1.29, 1.82) is 0 Å². The smallest absolute Gasteiger partial charge is 0.0545 e. The fourth-order valence-corrected chi connectivity index (χ4v) is 2.12. The van der Waals surface area contributed by atoms with Gasteiger partial charge in [-0.2, -0.15) is 0 Å². The molecule has 0 amide bonds. The number of likely N-dealkylation sites (N-methyl/N-ethyl adjacent to an activating group) is 1. The van der Waals surface area contributed by atoms with Gasteiger partial charge in [0.2, 0.25) is 0 Å². The molecule has 1 rings (SSSR count). The number of hydrogen-bond acceptors (Lipinski definition) is 3. The molecule has 0 fully saturated rings. The highest BCUT2D eigenvalue weighted by molar-refractivity contribution is 7.10. The Kier molecular flexibility index (Phi) is 3.26. The molecule has 0 aromatic carbocycles. The summed E-state index contributed by atoms with van der Waals surface area (Å²) < 4.78 is 0. The number of thiophene rings is 1. The topological polar surface area (TPSA) is 32.3 Å². The molecule has 12 heavy (non-hydrogen) atoms. The monoisotopic (exact) mass is 185 g/mol. The molecule has 0 bridgehead atoms. The molecule has 68 valence electrons. The van der Waals surface area contributed by atoms with Gasteiger partial charge >= 0.3 is 0 Å². The van der Waals surface area contributed by atoms with Crippen LogP contribution in [0.2, 0.25) is 0 Å². The molecule has 1 aromatic rings. The Labute approximate surface area is 77.2 Å². The molecule has 0 aliphatic rings. The molecule has 0 saturated heterocycles. The number of hydrogen-bond donors (Lipinski definition) is 2. The van der Waals surface area contributed by atoms with E-state index in [4.69, 9.17) is 0 Å². The molecule has 0 aliphatic heterocycles. The van der Waals surface area contributed by atoms with Crippen LogP contribution in [0.15, 0.2) is 17.5 Å². The van der Waals surface area contributed by atoms with Gasteiger partial charge < -0.3 is 10.4 Å². The molecule has 1 atom stereocenters. The molecule has 0 aliphatic carbocycles. The van der Waals surface area contributed by atoms with Crippen molar-refractivity contribution in [3.8, 4) is 0 Å². The minimum absolute atomic E-state index is 0.122. The maximum Gasteiger partial charge on any atom is 0.0545 e. The maximum absolute atomic E-state index is 9.25. The summed E-state index contributed by atoms with van der Waals surface area (Å²) in [5.74, 6) is 0. The lowest BCUT2D eigenvalue weighted by Gasteiger charge is -2.25. The summed E-state index contributed by atoms with van der Waals surface area (Å²) in [5, 5.41) is 14.4. The fraction of sp³-hybridized carbons (Fsp3) is 0.556. The second-order valence-corrected chi connectivity index (χ2v) is 4.17. The second-order valence-electron chi connectivity index (χ2n) is 3.23. The maximum atomic E-state index is 9.25. The van der Waals surface area contributed by atoms with Crippen molar-refractivity contribution in [2.45, 2.75) is 12.3 Å². The summed E-state index contributed by atoms with van der Waals surface area (Å²) in [5.41, 5.74) is -0.122. The fourth-order valence-electron chi connectivity index (χ4n) is 1.23. The van der Waals surface area contributed by atoms with Crippen LogP contribution >= 0.6 is 11.3 Å². The minimum atomic E-state index is -0.122. The highest BCUT2D eigenvalue weighted by atomic mass is 32.1. The minimum Gasteiger partial charge on any atom is -0.395 e. The van der Waals surface area contributed by atoms with Crippen LogP contribution in [-0.4, -0.2) is 25.3 Å². The number of rotatable bonds is 4. The SMILES string of the molecule is CNCC(C)(CO)c1cccs1. The largest absolute Gasteiger partial charge is 0.395 e. The number of aliphatic hydroxyl groups is 1. The Hall–Kier alpha value is -0.380. The summed E-state index contributed by atoms with van der Waals surface area (Å²) in [6, 6.07) is 4.09. The Morgan fingerprint density at radius 3 is 2.83 bits per heavy atom. The van der Waals surface area contributed by atoms with Crippen LogP contribution in [0.3, 0.4) is 0 Å². The highest BCUT2D eigenvalue weighted by Gasteiger charge is 2.25. The zero-order chi connectivity index (χ0) is 9.03. The Morgan fingerprint density at radius 1 is 1.67 bits per heavy atom. The lowest BCUT2D eigenvalue weighted by molar-refractivity contribution is 0.206. The third kappa shape index (κ3) is 1.86. The molecule has 1 aromatic heterocycles. The Bertz CT molecular complexity index is 222. The van der Waals surface area contributed by atoms with Gasteiger partial charge in [-0.3, -0.25) is 0 Å². The van der Waals surface area contributed by atoms with Crippen LogP contribution in [0.5, 0.6) is 0 Å². The average molecular weight is 185 g/mol. The molecule has 0 radical (unpaired) electrons. The first-order valence-electron chi connectivity index (χ1n) is 4.02.